The maximum atomic E-state index is 12.3. The van der Waals surface area contributed by atoms with Crippen molar-refractivity contribution >= 4 is 33.4 Å². The summed E-state index contributed by atoms with van der Waals surface area (Å²) in [4.78, 5) is 28.5. The molecule has 3 aromatic rings. The Kier molecular flexibility index (Phi) is 7.29. The van der Waals surface area contributed by atoms with Gasteiger partial charge >= 0.3 is 0 Å². The summed E-state index contributed by atoms with van der Waals surface area (Å²) < 4.78 is 31.1. The van der Waals surface area contributed by atoms with Gasteiger partial charge in [-0.3, -0.25) is 20.4 Å². The molecule has 3 rings (SSSR count). The molecule has 11 heteroatoms. The fourth-order valence-electron chi connectivity index (χ4n) is 2.66. The third-order valence-corrected chi connectivity index (χ3v) is 6.50. The second kappa shape index (κ2) is 9.94. The number of nitrogens with one attached hydrogen (secondary N) is 2. The van der Waals surface area contributed by atoms with E-state index < -0.39 is 21.8 Å². The number of sulfonamides is 1. The molecule has 0 unspecified atom stereocenters. The molecule has 1 aromatic heterocycles. The molecule has 0 atom stereocenters. The lowest BCUT2D eigenvalue weighted by Crippen LogP contribution is -2.41. The fraction of sp³-hybridized carbons (Fsp3) is 0.190. The lowest BCUT2D eigenvalue weighted by molar-refractivity contribution is -0.121. The standard InChI is InChI=1S/C21H21ClN4O5S/c1-26(2)32(29,30)17-5-3-4-15(12-17)21(28)25-24-19(27)10-11-20-23-13-18(31-20)14-6-8-16(22)9-7-14/h3-9,12-13H,10-11H2,1-2H3,(H,24,27)(H,25,28). The summed E-state index contributed by atoms with van der Waals surface area (Å²) in [6, 6.07) is 12.6. The van der Waals surface area contributed by atoms with Crippen LogP contribution in [0, 0.1) is 0 Å². The molecule has 0 aliphatic rings. The predicted molar refractivity (Wildman–Crippen MR) is 118 cm³/mol. The lowest BCUT2D eigenvalue weighted by atomic mass is 10.2. The fourth-order valence-corrected chi connectivity index (χ4v) is 3.74. The molecule has 2 amide bonds. The van der Waals surface area contributed by atoms with Crippen LogP contribution in [0.1, 0.15) is 22.7 Å². The highest BCUT2D eigenvalue weighted by molar-refractivity contribution is 7.89. The highest BCUT2D eigenvalue weighted by atomic mass is 35.5. The Hall–Kier alpha value is -3.21. The average molecular weight is 477 g/mol. The van der Waals surface area contributed by atoms with Crippen LogP contribution in [0.3, 0.4) is 0 Å². The number of hydrogen-bond donors (Lipinski definition) is 2. The summed E-state index contributed by atoms with van der Waals surface area (Å²) >= 11 is 5.87. The van der Waals surface area contributed by atoms with Gasteiger partial charge in [-0.15, -0.1) is 0 Å². The van der Waals surface area contributed by atoms with Crippen LogP contribution in [-0.4, -0.2) is 43.6 Å². The zero-order valence-electron chi connectivity index (χ0n) is 17.3. The number of oxazole rings is 1. The van der Waals surface area contributed by atoms with Gasteiger partial charge in [-0.05, 0) is 42.5 Å². The van der Waals surface area contributed by atoms with E-state index in [9.17, 15) is 18.0 Å². The molecule has 9 nitrogen and oxygen atoms in total. The van der Waals surface area contributed by atoms with Crippen LogP contribution in [0.15, 0.2) is 64.0 Å². The molecule has 0 radical (unpaired) electrons. The van der Waals surface area contributed by atoms with Crippen LogP contribution < -0.4 is 10.9 Å². The highest BCUT2D eigenvalue weighted by Crippen LogP contribution is 2.22. The van der Waals surface area contributed by atoms with Crippen LogP contribution in [0.5, 0.6) is 0 Å². The Morgan fingerprint density at radius 1 is 1.09 bits per heavy atom. The molecule has 2 N–H and O–H groups in total. The van der Waals surface area contributed by atoms with Crippen molar-refractivity contribution in [3.63, 3.8) is 0 Å². The molecule has 0 saturated carbocycles. The first-order valence-corrected chi connectivity index (χ1v) is 11.3. The molecule has 0 spiro atoms. The number of hydrazine groups is 1. The molecular formula is C21H21ClN4O5S. The Bertz CT molecular complexity index is 1220. The first kappa shape index (κ1) is 23.5. The molecule has 0 saturated heterocycles. The quantitative estimate of drug-likeness (QED) is 0.505. The van der Waals surface area contributed by atoms with E-state index in [1.54, 1.807) is 30.5 Å². The molecule has 0 aliphatic heterocycles. The van der Waals surface area contributed by atoms with Crippen LogP contribution in [-0.2, 0) is 21.2 Å². The summed E-state index contributed by atoms with van der Waals surface area (Å²) in [5.74, 6) is -0.173. The van der Waals surface area contributed by atoms with Crippen molar-refractivity contribution in [3.05, 3.63) is 71.2 Å². The minimum atomic E-state index is -3.68. The maximum Gasteiger partial charge on any atom is 0.269 e. The molecule has 2 aromatic carbocycles. The van der Waals surface area contributed by atoms with Gasteiger partial charge < -0.3 is 4.42 Å². The number of hydrogen-bond acceptors (Lipinski definition) is 6. The van der Waals surface area contributed by atoms with E-state index in [-0.39, 0.29) is 23.3 Å². The van der Waals surface area contributed by atoms with Gasteiger partial charge in [0.25, 0.3) is 5.91 Å². The first-order chi connectivity index (χ1) is 15.2. The monoisotopic (exact) mass is 476 g/mol. The Morgan fingerprint density at radius 2 is 1.81 bits per heavy atom. The summed E-state index contributed by atoms with van der Waals surface area (Å²) in [5.41, 5.74) is 5.46. The summed E-state index contributed by atoms with van der Waals surface area (Å²) in [6.07, 6.45) is 1.81. The molecule has 0 aliphatic carbocycles. The van der Waals surface area contributed by atoms with Crippen molar-refractivity contribution in [1.82, 2.24) is 20.1 Å². The second-order valence-corrected chi connectivity index (χ2v) is 9.53. The molecular weight excluding hydrogens is 456 g/mol. The summed E-state index contributed by atoms with van der Waals surface area (Å²) in [7, 11) is -0.887. The summed E-state index contributed by atoms with van der Waals surface area (Å²) in [6.45, 7) is 0. The number of rotatable bonds is 7. The molecule has 0 bridgehead atoms. The number of nitrogens with zero attached hydrogens (tertiary/aromatic N) is 2. The van der Waals surface area contributed by atoms with Crippen LogP contribution in [0.2, 0.25) is 5.02 Å². The Balaban J connectivity index is 1.52. The zero-order chi connectivity index (χ0) is 23.3. The van der Waals surface area contributed by atoms with Gasteiger partial charge in [-0.2, -0.15) is 0 Å². The van der Waals surface area contributed by atoms with Crippen LogP contribution in [0.25, 0.3) is 11.3 Å². The maximum absolute atomic E-state index is 12.3. The third-order valence-electron chi connectivity index (χ3n) is 4.44. The minimum Gasteiger partial charge on any atom is -0.441 e. The normalized spacial score (nSPS) is 11.4. The molecule has 0 fully saturated rings. The van der Waals surface area contributed by atoms with Gasteiger partial charge in [0.15, 0.2) is 11.7 Å². The largest absolute Gasteiger partial charge is 0.441 e. The number of halogens is 1. The van der Waals surface area contributed by atoms with E-state index >= 15 is 0 Å². The smallest absolute Gasteiger partial charge is 0.269 e. The Morgan fingerprint density at radius 3 is 2.50 bits per heavy atom. The van der Waals surface area contributed by atoms with E-state index in [1.165, 1.54) is 38.4 Å². The van der Waals surface area contributed by atoms with Crippen molar-refractivity contribution in [2.75, 3.05) is 14.1 Å². The van der Waals surface area contributed by atoms with Gasteiger partial charge in [0.2, 0.25) is 15.9 Å². The first-order valence-electron chi connectivity index (χ1n) is 9.49. The number of aryl methyl sites for hydroxylation is 1. The number of carbonyl (C=O) groups is 2. The number of amides is 2. The van der Waals surface area contributed by atoms with E-state index in [2.05, 4.69) is 15.8 Å². The van der Waals surface area contributed by atoms with Crippen LogP contribution >= 0.6 is 11.6 Å². The Labute approximate surface area is 190 Å². The minimum absolute atomic E-state index is 0.0237. The molecule has 32 heavy (non-hydrogen) atoms. The van der Waals surface area contributed by atoms with Crippen molar-refractivity contribution in [1.29, 1.82) is 0 Å². The molecule has 1 heterocycles. The number of carbonyl (C=O) groups excluding carboxylic acids is 2. The van der Waals surface area contributed by atoms with Gasteiger partial charge in [0.05, 0.1) is 11.1 Å². The highest BCUT2D eigenvalue weighted by Gasteiger charge is 2.19. The van der Waals surface area contributed by atoms with Crippen molar-refractivity contribution < 1.29 is 22.4 Å². The lowest BCUT2D eigenvalue weighted by Gasteiger charge is -2.12. The molecule has 168 valence electrons. The second-order valence-electron chi connectivity index (χ2n) is 6.94. The zero-order valence-corrected chi connectivity index (χ0v) is 18.9. The third kappa shape index (κ3) is 5.72. The number of aromatic nitrogens is 1. The SMILES string of the molecule is CN(C)S(=O)(=O)c1cccc(C(=O)NNC(=O)CCc2ncc(-c3ccc(Cl)cc3)o2)c1. The van der Waals surface area contributed by atoms with Crippen molar-refractivity contribution in [2.24, 2.45) is 0 Å². The van der Waals surface area contributed by atoms with Gasteiger partial charge in [0, 0.05) is 43.1 Å². The predicted octanol–water partition coefficient (Wildman–Crippen LogP) is 2.64. The topological polar surface area (TPSA) is 122 Å². The van der Waals surface area contributed by atoms with E-state index in [4.69, 9.17) is 16.0 Å². The van der Waals surface area contributed by atoms with Crippen LogP contribution in [0.4, 0.5) is 0 Å². The van der Waals surface area contributed by atoms with Crippen molar-refractivity contribution in [2.45, 2.75) is 17.7 Å². The van der Waals surface area contributed by atoms with Crippen molar-refractivity contribution in [3.8, 4) is 11.3 Å². The van der Waals surface area contributed by atoms with Gasteiger partial charge in [0.1, 0.15) is 0 Å². The summed E-state index contributed by atoms with van der Waals surface area (Å²) in [5, 5.41) is 0.609. The average Bonchev–Trinajstić information content (AvgIpc) is 3.25. The van der Waals surface area contributed by atoms with Gasteiger partial charge in [-0.25, -0.2) is 17.7 Å². The van der Waals surface area contributed by atoms with E-state index in [0.29, 0.717) is 16.7 Å². The van der Waals surface area contributed by atoms with Gasteiger partial charge in [-0.1, -0.05) is 17.7 Å². The van der Waals surface area contributed by atoms with E-state index in [1.807, 2.05) is 0 Å². The van der Waals surface area contributed by atoms with E-state index in [0.717, 1.165) is 9.87 Å². The number of benzene rings is 2.